The molecular formula is C18H29N3. The number of likely N-dealkylation sites (tertiary alicyclic amines) is 1. The first-order valence-electron chi connectivity index (χ1n) is 8.75. The lowest BCUT2D eigenvalue weighted by Crippen LogP contribution is -2.45. The summed E-state index contributed by atoms with van der Waals surface area (Å²) >= 11 is 0. The van der Waals surface area contributed by atoms with Gasteiger partial charge in [-0.3, -0.25) is 4.98 Å². The van der Waals surface area contributed by atoms with Crippen LogP contribution in [-0.4, -0.2) is 35.6 Å². The van der Waals surface area contributed by atoms with Crippen LogP contribution in [0.3, 0.4) is 0 Å². The molecule has 0 spiro atoms. The second-order valence-electron chi connectivity index (χ2n) is 6.79. The Kier molecular flexibility index (Phi) is 5.64. The van der Waals surface area contributed by atoms with Gasteiger partial charge in [0, 0.05) is 31.5 Å². The third kappa shape index (κ3) is 4.52. The van der Waals surface area contributed by atoms with Gasteiger partial charge in [-0.15, -0.1) is 0 Å². The van der Waals surface area contributed by atoms with E-state index >= 15 is 0 Å². The molecule has 0 bridgehead atoms. The number of hydrogen-bond donors (Lipinski definition) is 1. The van der Waals surface area contributed by atoms with Crippen molar-refractivity contribution >= 4 is 0 Å². The van der Waals surface area contributed by atoms with Crippen molar-refractivity contribution < 1.29 is 0 Å². The van der Waals surface area contributed by atoms with Gasteiger partial charge in [-0.2, -0.15) is 0 Å². The maximum Gasteiger partial charge on any atom is 0.0312 e. The number of rotatable bonds is 5. The molecule has 3 nitrogen and oxygen atoms in total. The lowest BCUT2D eigenvalue weighted by molar-refractivity contribution is 0.0979. The van der Waals surface area contributed by atoms with E-state index in [0.717, 1.165) is 25.0 Å². The maximum atomic E-state index is 4.18. The molecule has 21 heavy (non-hydrogen) atoms. The normalized spacial score (nSPS) is 25.0. The van der Waals surface area contributed by atoms with E-state index in [1.54, 1.807) is 0 Å². The third-order valence-corrected chi connectivity index (χ3v) is 5.13. The van der Waals surface area contributed by atoms with Gasteiger partial charge < -0.3 is 10.2 Å². The molecule has 0 radical (unpaired) electrons. The smallest absolute Gasteiger partial charge is 0.0312 e. The summed E-state index contributed by atoms with van der Waals surface area (Å²) in [5, 5.41) is 3.63. The van der Waals surface area contributed by atoms with Crippen molar-refractivity contribution in [1.82, 2.24) is 15.2 Å². The van der Waals surface area contributed by atoms with Crippen LogP contribution in [-0.2, 0) is 6.54 Å². The highest BCUT2D eigenvalue weighted by Gasteiger charge is 2.26. The topological polar surface area (TPSA) is 28.2 Å². The standard InChI is InChI=1S/C18H29N3/c1-2-8-18(9-3-1)21-11-5-7-17(15-21)14-20-13-16-6-4-10-19-12-16/h4,6,10,12,17-18,20H,1-3,5,7-9,11,13-15H2/t17-/m0/s1. The zero-order valence-electron chi connectivity index (χ0n) is 13.1. The first-order chi connectivity index (χ1) is 10.4. The molecule has 0 amide bonds. The second-order valence-corrected chi connectivity index (χ2v) is 6.79. The molecule has 1 aromatic rings. The van der Waals surface area contributed by atoms with E-state index < -0.39 is 0 Å². The number of nitrogens with zero attached hydrogens (tertiary/aromatic N) is 2. The minimum atomic E-state index is 0.831. The lowest BCUT2D eigenvalue weighted by Gasteiger charge is -2.40. The van der Waals surface area contributed by atoms with Gasteiger partial charge >= 0.3 is 0 Å². The van der Waals surface area contributed by atoms with Gasteiger partial charge in [0.05, 0.1) is 0 Å². The van der Waals surface area contributed by atoms with E-state index in [0.29, 0.717) is 0 Å². The lowest BCUT2D eigenvalue weighted by atomic mass is 9.90. The average molecular weight is 287 g/mol. The summed E-state index contributed by atoms with van der Waals surface area (Å²) in [6, 6.07) is 5.05. The third-order valence-electron chi connectivity index (χ3n) is 5.13. The predicted octanol–water partition coefficient (Wildman–Crippen LogP) is 3.22. The molecule has 0 unspecified atom stereocenters. The molecule has 1 aromatic heterocycles. The van der Waals surface area contributed by atoms with Crippen molar-refractivity contribution in [2.24, 2.45) is 5.92 Å². The van der Waals surface area contributed by atoms with E-state index in [4.69, 9.17) is 0 Å². The van der Waals surface area contributed by atoms with E-state index in [-0.39, 0.29) is 0 Å². The second kappa shape index (κ2) is 7.90. The van der Waals surface area contributed by atoms with Crippen LogP contribution in [0.15, 0.2) is 24.5 Å². The van der Waals surface area contributed by atoms with Crippen LogP contribution in [0, 0.1) is 5.92 Å². The molecule has 1 aliphatic heterocycles. The Morgan fingerprint density at radius 1 is 1.14 bits per heavy atom. The summed E-state index contributed by atoms with van der Waals surface area (Å²) < 4.78 is 0. The molecule has 2 aliphatic rings. The molecule has 2 fully saturated rings. The Bertz CT molecular complexity index is 400. The zero-order valence-corrected chi connectivity index (χ0v) is 13.1. The highest BCUT2D eigenvalue weighted by Crippen LogP contribution is 2.26. The molecule has 1 aliphatic carbocycles. The van der Waals surface area contributed by atoms with Gasteiger partial charge in [-0.1, -0.05) is 25.3 Å². The van der Waals surface area contributed by atoms with Crippen LogP contribution in [0.4, 0.5) is 0 Å². The Hall–Kier alpha value is -0.930. The zero-order chi connectivity index (χ0) is 14.3. The largest absolute Gasteiger partial charge is 0.312 e. The van der Waals surface area contributed by atoms with Gasteiger partial charge in [-0.25, -0.2) is 0 Å². The monoisotopic (exact) mass is 287 g/mol. The van der Waals surface area contributed by atoms with Crippen LogP contribution in [0.1, 0.15) is 50.5 Å². The number of hydrogen-bond acceptors (Lipinski definition) is 3. The van der Waals surface area contributed by atoms with Crippen molar-refractivity contribution in [2.45, 2.75) is 57.5 Å². The van der Waals surface area contributed by atoms with Gasteiger partial charge in [0.2, 0.25) is 0 Å². The summed E-state index contributed by atoms with van der Waals surface area (Å²) in [5.74, 6) is 0.831. The molecule has 2 heterocycles. The van der Waals surface area contributed by atoms with Crippen molar-refractivity contribution in [3.63, 3.8) is 0 Å². The van der Waals surface area contributed by atoms with Crippen LogP contribution < -0.4 is 5.32 Å². The summed E-state index contributed by atoms with van der Waals surface area (Å²) in [6.45, 7) is 4.75. The molecule has 0 aromatic carbocycles. The highest BCUT2D eigenvalue weighted by atomic mass is 15.2. The van der Waals surface area contributed by atoms with E-state index in [9.17, 15) is 0 Å². The average Bonchev–Trinajstić information content (AvgIpc) is 2.57. The molecular weight excluding hydrogens is 258 g/mol. The minimum absolute atomic E-state index is 0.831. The van der Waals surface area contributed by atoms with Gasteiger partial charge in [0.25, 0.3) is 0 Å². The van der Waals surface area contributed by atoms with Crippen LogP contribution >= 0.6 is 0 Å². The van der Waals surface area contributed by atoms with Crippen molar-refractivity contribution in [3.05, 3.63) is 30.1 Å². The Balaban J connectivity index is 1.41. The van der Waals surface area contributed by atoms with Gasteiger partial charge in [0.15, 0.2) is 0 Å². The Labute approximate surface area is 129 Å². The maximum absolute atomic E-state index is 4.18. The number of pyridine rings is 1. The van der Waals surface area contributed by atoms with E-state index in [1.165, 1.54) is 63.6 Å². The fourth-order valence-electron chi connectivity index (χ4n) is 3.97. The Morgan fingerprint density at radius 2 is 2.05 bits per heavy atom. The first kappa shape index (κ1) is 15.0. The predicted molar refractivity (Wildman–Crippen MR) is 87.1 cm³/mol. The quantitative estimate of drug-likeness (QED) is 0.901. The summed E-state index contributed by atoms with van der Waals surface area (Å²) in [6.07, 6.45) is 13.8. The molecule has 1 N–H and O–H groups in total. The molecule has 1 saturated heterocycles. The van der Waals surface area contributed by atoms with Crippen molar-refractivity contribution in [2.75, 3.05) is 19.6 Å². The SMILES string of the molecule is c1cncc(CNC[C@@H]2CCCN(C3CCCCC3)C2)c1. The first-order valence-corrected chi connectivity index (χ1v) is 8.75. The van der Waals surface area contributed by atoms with Gasteiger partial charge in [-0.05, 0) is 56.3 Å². The van der Waals surface area contributed by atoms with E-state index in [2.05, 4.69) is 21.3 Å². The van der Waals surface area contributed by atoms with Crippen molar-refractivity contribution in [1.29, 1.82) is 0 Å². The van der Waals surface area contributed by atoms with E-state index in [1.807, 2.05) is 18.5 Å². The number of aromatic nitrogens is 1. The highest BCUT2D eigenvalue weighted by molar-refractivity contribution is 5.07. The summed E-state index contributed by atoms with van der Waals surface area (Å²) in [5.41, 5.74) is 1.29. The molecule has 3 rings (SSSR count). The Morgan fingerprint density at radius 3 is 2.86 bits per heavy atom. The van der Waals surface area contributed by atoms with Crippen molar-refractivity contribution in [3.8, 4) is 0 Å². The van der Waals surface area contributed by atoms with Crippen LogP contribution in [0.5, 0.6) is 0 Å². The molecule has 116 valence electrons. The fourth-order valence-corrected chi connectivity index (χ4v) is 3.97. The molecule has 1 atom stereocenters. The number of piperidine rings is 1. The van der Waals surface area contributed by atoms with Gasteiger partial charge in [0.1, 0.15) is 0 Å². The van der Waals surface area contributed by atoms with Crippen LogP contribution in [0.2, 0.25) is 0 Å². The molecule has 1 saturated carbocycles. The molecule has 3 heteroatoms. The minimum Gasteiger partial charge on any atom is -0.312 e. The fraction of sp³-hybridized carbons (Fsp3) is 0.722. The number of nitrogens with one attached hydrogen (secondary N) is 1. The summed E-state index contributed by atoms with van der Waals surface area (Å²) in [4.78, 5) is 6.97. The van der Waals surface area contributed by atoms with Crippen LogP contribution in [0.25, 0.3) is 0 Å². The summed E-state index contributed by atoms with van der Waals surface area (Å²) in [7, 11) is 0.